The van der Waals surface area contributed by atoms with E-state index in [1.165, 1.54) is 0 Å². The second kappa shape index (κ2) is 4.11. The molecule has 13 heavy (non-hydrogen) atoms. The van der Waals surface area contributed by atoms with Gasteiger partial charge in [-0.25, -0.2) is 0 Å². The van der Waals surface area contributed by atoms with Gasteiger partial charge in [0, 0.05) is 12.6 Å². The number of nitrogen functional groups attached to an aromatic ring is 2. The molecular weight excluding hydrogens is 166 g/mol. The van der Waals surface area contributed by atoms with Gasteiger partial charge in [0.2, 0.25) is 0 Å². The zero-order chi connectivity index (χ0) is 9.84. The summed E-state index contributed by atoms with van der Waals surface area (Å²) >= 11 is 0. The van der Waals surface area contributed by atoms with Crippen LogP contribution < -0.4 is 17.2 Å². The Labute approximate surface area is 77.3 Å². The van der Waals surface area contributed by atoms with E-state index in [1.54, 1.807) is 12.1 Å². The van der Waals surface area contributed by atoms with E-state index in [1.807, 2.05) is 6.07 Å². The molecule has 0 bridgehead atoms. The number of benzene rings is 1. The van der Waals surface area contributed by atoms with Crippen LogP contribution in [0.4, 0.5) is 11.4 Å². The Kier molecular flexibility index (Phi) is 3.11. The van der Waals surface area contributed by atoms with Crippen LogP contribution in [0.2, 0.25) is 0 Å². The Hall–Kier alpha value is -1.26. The van der Waals surface area contributed by atoms with Gasteiger partial charge >= 0.3 is 0 Å². The van der Waals surface area contributed by atoms with Gasteiger partial charge in [0.25, 0.3) is 0 Å². The molecule has 4 nitrogen and oxygen atoms in total. The topological polar surface area (TPSA) is 98.3 Å². The Bertz CT molecular complexity index is 288. The maximum absolute atomic E-state index is 8.71. The predicted octanol–water partition coefficient (Wildman–Crippen LogP) is 0.233. The first kappa shape index (κ1) is 9.83. The Morgan fingerprint density at radius 2 is 2.00 bits per heavy atom. The van der Waals surface area contributed by atoms with Crippen LogP contribution in [0.15, 0.2) is 18.2 Å². The van der Waals surface area contributed by atoms with E-state index in [4.69, 9.17) is 22.3 Å². The van der Waals surface area contributed by atoms with Crippen molar-refractivity contribution in [2.75, 3.05) is 18.1 Å². The summed E-state index contributed by atoms with van der Waals surface area (Å²) in [5.74, 6) is 0. The molecule has 1 aromatic carbocycles. The SMILES string of the molecule is Nc1cccc(C(N)CCO)c1N. The van der Waals surface area contributed by atoms with E-state index < -0.39 is 0 Å². The van der Waals surface area contributed by atoms with Gasteiger partial charge in [0.1, 0.15) is 0 Å². The highest BCUT2D eigenvalue weighted by atomic mass is 16.3. The van der Waals surface area contributed by atoms with Gasteiger partial charge in [0.15, 0.2) is 0 Å². The summed E-state index contributed by atoms with van der Waals surface area (Å²) in [7, 11) is 0. The number of anilines is 2. The van der Waals surface area contributed by atoms with Crippen LogP contribution in [0.3, 0.4) is 0 Å². The molecular formula is C9H15N3O. The van der Waals surface area contributed by atoms with Crippen LogP contribution in [0.5, 0.6) is 0 Å². The summed E-state index contributed by atoms with van der Waals surface area (Å²) in [6, 6.07) is 5.11. The van der Waals surface area contributed by atoms with Crippen molar-refractivity contribution >= 4 is 11.4 Å². The molecule has 0 radical (unpaired) electrons. The molecule has 0 aromatic heterocycles. The molecule has 4 heteroatoms. The van der Waals surface area contributed by atoms with Crippen molar-refractivity contribution in [3.05, 3.63) is 23.8 Å². The van der Waals surface area contributed by atoms with Gasteiger partial charge in [0.05, 0.1) is 11.4 Å². The van der Waals surface area contributed by atoms with Gasteiger partial charge in [-0.2, -0.15) is 0 Å². The van der Waals surface area contributed by atoms with Gasteiger partial charge in [-0.15, -0.1) is 0 Å². The minimum Gasteiger partial charge on any atom is -0.397 e. The fourth-order valence-corrected chi connectivity index (χ4v) is 1.22. The van der Waals surface area contributed by atoms with Crippen LogP contribution in [-0.4, -0.2) is 11.7 Å². The van der Waals surface area contributed by atoms with E-state index in [9.17, 15) is 0 Å². The largest absolute Gasteiger partial charge is 0.397 e. The van der Waals surface area contributed by atoms with Crippen molar-refractivity contribution in [3.63, 3.8) is 0 Å². The normalized spacial score (nSPS) is 12.8. The van der Waals surface area contributed by atoms with Gasteiger partial charge in [-0.1, -0.05) is 12.1 Å². The predicted molar refractivity (Wildman–Crippen MR) is 53.9 cm³/mol. The zero-order valence-corrected chi connectivity index (χ0v) is 7.40. The number of hydrogen-bond acceptors (Lipinski definition) is 4. The fraction of sp³-hybridized carbons (Fsp3) is 0.333. The molecule has 0 aliphatic carbocycles. The van der Waals surface area contributed by atoms with Crippen LogP contribution >= 0.6 is 0 Å². The molecule has 1 unspecified atom stereocenters. The maximum Gasteiger partial charge on any atom is 0.0596 e. The molecule has 72 valence electrons. The lowest BCUT2D eigenvalue weighted by molar-refractivity contribution is 0.276. The van der Waals surface area contributed by atoms with Crippen LogP contribution in [-0.2, 0) is 0 Å². The minimum absolute atomic E-state index is 0.0510. The van der Waals surface area contributed by atoms with Gasteiger partial charge < -0.3 is 22.3 Å². The average Bonchev–Trinajstić information content (AvgIpc) is 2.10. The Morgan fingerprint density at radius 1 is 1.31 bits per heavy atom. The monoisotopic (exact) mass is 181 g/mol. The maximum atomic E-state index is 8.71. The Morgan fingerprint density at radius 3 is 2.62 bits per heavy atom. The highest BCUT2D eigenvalue weighted by molar-refractivity contribution is 5.67. The summed E-state index contributed by atoms with van der Waals surface area (Å²) < 4.78 is 0. The van der Waals surface area contributed by atoms with E-state index in [0.717, 1.165) is 5.56 Å². The minimum atomic E-state index is -0.242. The third-order valence-electron chi connectivity index (χ3n) is 2.01. The second-order valence-electron chi connectivity index (χ2n) is 2.97. The van der Waals surface area contributed by atoms with Crippen molar-refractivity contribution in [1.82, 2.24) is 0 Å². The number of aliphatic hydroxyl groups is 1. The highest BCUT2D eigenvalue weighted by Gasteiger charge is 2.09. The fourth-order valence-electron chi connectivity index (χ4n) is 1.22. The number of para-hydroxylation sites is 1. The molecule has 0 saturated carbocycles. The van der Waals surface area contributed by atoms with Crippen LogP contribution in [0.25, 0.3) is 0 Å². The first-order chi connectivity index (χ1) is 6.16. The van der Waals surface area contributed by atoms with Crippen molar-refractivity contribution in [3.8, 4) is 0 Å². The molecule has 0 heterocycles. The van der Waals surface area contributed by atoms with Gasteiger partial charge in [-0.05, 0) is 18.1 Å². The molecule has 0 aliphatic heterocycles. The molecule has 0 saturated heterocycles. The third kappa shape index (κ3) is 2.11. The summed E-state index contributed by atoms with van der Waals surface area (Å²) in [6.45, 7) is 0.0510. The Balaban J connectivity index is 2.93. The number of aliphatic hydroxyl groups excluding tert-OH is 1. The molecule has 1 rings (SSSR count). The summed E-state index contributed by atoms with van der Waals surface area (Å²) in [5, 5.41) is 8.71. The first-order valence-electron chi connectivity index (χ1n) is 4.17. The molecule has 0 spiro atoms. The second-order valence-corrected chi connectivity index (χ2v) is 2.97. The summed E-state index contributed by atoms with van der Waals surface area (Å²) in [5.41, 5.74) is 19.0. The van der Waals surface area contributed by atoms with E-state index in [0.29, 0.717) is 17.8 Å². The van der Waals surface area contributed by atoms with Crippen LogP contribution in [0.1, 0.15) is 18.0 Å². The third-order valence-corrected chi connectivity index (χ3v) is 2.01. The summed E-state index contributed by atoms with van der Waals surface area (Å²) in [4.78, 5) is 0. The quantitative estimate of drug-likeness (QED) is 0.502. The standard InChI is InChI=1S/C9H15N3O/c10-7(4-5-13)6-2-1-3-8(11)9(6)12/h1-3,7,13H,4-5,10-12H2. The lowest BCUT2D eigenvalue weighted by atomic mass is 10.0. The smallest absolute Gasteiger partial charge is 0.0596 e. The zero-order valence-electron chi connectivity index (χ0n) is 7.40. The van der Waals surface area contributed by atoms with Crippen molar-refractivity contribution in [2.24, 2.45) is 5.73 Å². The van der Waals surface area contributed by atoms with Gasteiger partial charge in [-0.3, -0.25) is 0 Å². The summed E-state index contributed by atoms with van der Waals surface area (Å²) in [6.07, 6.45) is 0.494. The van der Waals surface area contributed by atoms with Crippen molar-refractivity contribution < 1.29 is 5.11 Å². The molecule has 1 atom stereocenters. The van der Waals surface area contributed by atoms with Crippen molar-refractivity contribution in [2.45, 2.75) is 12.5 Å². The number of rotatable bonds is 3. The lowest BCUT2D eigenvalue weighted by Crippen LogP contribution is -2.14. The number of nitrogens with two attached hydrogens (primary N) is 3. The molecule has 0 fully saturated rings. The number of hydrogen-bond donors (Lipinski definition) is 4. The van der Waals surface area contributed by atoms with E-state index >= 15 is 0 Å². The molecule has 7 N–H and O–H groups in total. The van der Waals surface area contributed by atoms with Crippen LogP contribution in [0, 0.1) is 0 Å². The molecule has 1 aromatic rings. The van der Waals surface area contributed by atoms with E-state index in [2.05, 4.69) is 0 Å². The highest BCUT2D eigenvalue weighted by Crippen LogP contribution is 2.25. The molecule has 0 aliphatic rings. The van der Waals surface area contributed by atoms with Crippen molar-refractivity contribution in [1.29, 1.82) is 0 Å². The average molecular weight is 181 g/mol. The first-order valence-corrected chi connectivity index (χ1v) is 4.17. The molecule has 0 amide bonds. The van der Waals surface area contributed by atoms with E-state index in [-0.39, 0.29) is 12.6 Å². The lowest BCUT2D eigenvalue weighted by Gasteiger charge is -2.14.